The number of benzene rings is 1. The highest BCUT2D eigenvalue weighted by atomic mass is 32.2. The molecule has 0 atom stereocenters. The number of hydrogen-bond acceptors (Lipinski definition) is 6. The fraction of sp³-hybridized carbons (Fsp3) is 0.350. The summed E-state index contributed by atoms with van der Waals surface area (Å²) in [4.78, 5) is 17.1. The van der Waals surface area contributed by atoms with Gasteiger partial charge in [-0.1, -0.05) is 23.4 Å². The molecule has 0 unspecified atom stereocenters. The van der Waals surface area contributed by atoms with E-state index in [4.69, 9.17) is 4.52 Å². The van der Waals surface area contributed by atoms with E-state index >= 15 is 0 Å². The van der Waals surface area contributed by atoms with Gasteiger partial charge in [0.1, 0.15) is 10.6 Å². The van der Waals surface area contributed by atoms with Crippen molar-refractivity contribution in [2.24, 2.45) is 5.92 Å². The first-order chi connectivity index (χ1) is 13.9. The zero-order valence-corrected chi connectivity index (χ0v) is 17.1. The molecule has 3 aromatic rings. The smallest absolute Gasteiger partial charge is 0.248 e. The summed E-state index contributed by atoms with van der Waals surface area (Å²) < 4.78 is 32.2. The predicted molar refractivity (Wildman–Crippen MR) is 108 cm³/mol. The van der Waals surface area contributed by atoms with Crippen LogP contribution in [0.4, 0.5) is 5.69 Å². The van der Waals surface area contributed by atoms with Crippen LogP contribution in [0.1, 0.15) is 24.3 Å². The summed E-state index contributed by atoms with van der Waals surface area (Å²) in [5.74, 6) is -0.0831. The number of amides is 1. The van der Waals surface area contributed by atoms with E-state index in [9.17, 15) is 13.2 Å². The molecular formula is C20H22N4O4S. The van der Waals surface area contributed by atoms with Crippen LogP contribution in [0, 0.1) is 19.8 Å². The number of aromatic nitrogens is 2. The van der Waals surface area contributed by atoms with Gasteiger partial charge in [0.15, 0.2) is 5.76 Å². The summed E-state index contributed by atoms with van der Waals surface area (Å²) in [7, 11) is -3.68. The second-order valence-electron chi connectivity index (χ2n) is 7.24. The zero-order valence-electron chi connectivity index (χ0n) is 16.3. The molecule has 3 heterocycles. The summed E-state index contributed by atoms with van der Waals surface area (Å²) in [6.07, 6.45) is 2.54. The van der Waals surface area contributed by atoms with Crippen molar-refractivity contribution in [2.75, 3.05) is 18.4 Å². The molecule has 0 aliphatic carbocycles. The van der Waals surface area contributed by atoms with E-state index in [1.807, 2.05) is 30.3 Å². The lowest BCUT2D eigenvalue weighted by molar-refractivity contribution is -0.120. The van der Waals surface area contributed by atoms with Crippen LogP contribution in [-0.2, 0) is 14.8 Å². The highest BCUT2D eigenvalue weighted by molar-refractivity contribution is 7.89. The summed E-state index contributed by atoms with van der Waals surface area (Å²) >= 11 is 0. The first-order valence-electron chi connectivity index (χ1n) is 9.45. The number of fused-ring (bicyclic) bond motifs is 1. The third kappa shape index (κ3) is 3.75. The van der Waals surface area contributed by atoms with Crippen molar-refractivity contribution in [3.63, 3.8) is 0 Å². The van der Waals surface area contributed by atoms with E-state index < -0.39 is 10.0 Å². The van der Waals surface area contributed by atoms with E-state index in [1.165, 1.54) is 4.31 Å². The Balaban J connectivity index is 1.41. The lowest BCUT2D eigenvalue weighted by Crippen LogP contribution is -2.41. The second kappa shape index (κ2) is 7.57. The van der Waals surface area contributed by atoms with Crippen LogP contribution < -0.4 is 5.32 Å². The average molecular weight is 414 g/mol. The molecule has 152 valence electrons. The zero-order chi connectivity index (χ0) is 20.6. The van der Waals surface area contributed by atoms with Crippen LogP contribution in [0.2, 0.25) is 0 Å². The largest absolute Gasteiger partial charge is 0.360 e. The fourth-order valence-electron chi connectivity index (χ4n) is 3.71. The Morgan fingerprint density at radius 3 is 2.62 bits per heavy atom. The molecule has 1 N–H and O–H groups in total. The molecule has 1 fully saturated rings. The highest BCUT2D eigenvalue weighted by Crippen LogP contribution is 2.28. The van der Waals surface area contributed by atoms with Crippen molar-refractivity contribution in [3.05, 3.63) is 48.0 Å². The Labute approximate surface area is 169 Å². The van der Waals surface area contributed by atoms with E-state index in [-0.39, 0.29) is 35.6 Å². The molecule has 29 heavy (non-hydrogen) atoms. The summed E-state index contributed by atoms with van der Waals surface area (Å²) in [5.41, 5.74) is 1.86. The van der Waals surface area contributed by atoms with E-state index in [0.717, 1.165) is 10.9 Å². The number of sulfonamides is 1. The monoisotopic (exact) mass is 414 g/mol. The number of nitrogens with zero attached hydrogens (tertiary/aromatic N) is 3. The maximum absolute atomic E-state index is 12.9. The molecular weight excluding hydrogens is 392 g/mol. The average Bonchev–Trinajstić information content (AvgIpc) is 3.07. The molecule has 1 aromatic carbocycles. The second-order valence-corrected chi connectivity index (χ2v) is 9.11. The van der Waals surface area contributed by atoms with Gasteiger partial charge in [0.25, 0.3) is 0 Å². The van der Waals surface area contributed by atoms with E-state index in [1.54, 1.807) is 20.0 Å². The van der Waals surface area contributed by atoms with Crippen molar-refractivity contribution in [1.29, 1.82) is 0 Å². The Morgan fingerprint density at radius 2 is 1.93 bits per heavy atom. The summed E-state index contributed by atoms with van der Waals surface area (Å²) in [6, 6.07) is 9.58. The van der Waals surface area contributed by atoms with Crippen LogP contribution in [0.3, 0.4) is 0 Å². The Kier molecular flexibility index (Phi) is 5.10. The van der Waals surface area contributed by atoms with Gasteiger partial charge in [-0.3, -0.25) is 9.78 Å². The maximum atomic E-state index is 12.9. The van der Waals surface area contributed by atoms with Gasteiger partial charge in [-0.2, -0.15) is 4.31 Å². The Morgan fingerprint density at radius 1 is 1.21 bits per heavy atom. The van der Waals surface area contributed by atoms with Crippen LogP contribution >= 0.6 is 0 Å². The topological polar surface area (TPSA) is 105 Å². The molecule has 1 saturated heterocycles. The van der Waals surface area contributed by atoms with Crippen molar-refractivity contribution >= 4 is 32.5 Å². The molecule has 1 aliphatic heterocycles. The highest BCUT2D eigenvalue weighted by Gasteiger charge is 2.35. The minimum atomic E-state index is -3.68. The standard InChI is InChI=1S/C20H22N4O4S/c1-13-19(14(2)28-23-13)29(26,27)24-9-7-15(8-10-24)20(25)22-17-11-16-5-3-4-6-18(16)21-12-17/h3-6,11-12,15H,7-10H2,1-2H3,(H,22,25). The van der Waals surface area contributed by atoms with Crippen LogP contribution in [0.5, 0.6) is 0 Å². The van der Waals surface area contributed by atoms with Crippen LogP contribution in [0.15, 0.2) is 45.9 Å². The van der Waals surface area contributed by atoms with E-state index in [0.29, 0.717) is 24.2 Å². The molecule has 0 bridgehead atoms. The van der Waals surface area contributed by atoms with Gasteiger partial charge in [0.05, 0.1) is 17.4 Å². The maximum Gasteiger partial charge on any atom is 0.248 e. The number of carbonyl (C=O) groups excluding carboxylic acids is 1. The van der Waals surface area contributed by atoms with Crippen LogP contribution in [-0.4, -0.2) is 41.9 Å². The molecule has 0 spiro atoms. The van der Waals surface area contributed by atoms with Crippen LogP contribution in [0.25, 0.3) is 10.9 Å². The molecule has 9 heteroatoms. The Bertz CT molecular complexity index is 1140. The number of aryl methyl sites for hydroxylation is 2. The van der Waals surface area contributed by atoms with Gasteiger partial charge >= 0.3 is 0 Å². The van der Waals surface area contributed by atoms with Gasteiger partial charge in [-0.05, 0) is 38.8 Å². The SMILES string of the molecule is Cc1noc(C)c1S(=O)(=O)N1CCC(C(=O)Nc2cnc3ccccc3c2)CC1. The van der Waals surface area contributed by atoms with Gasteiger partial charge in [0, 0.05) is 24.4 Å². The Hall–Kier alpha value is -2.78. The van der Waals surface area contributed by atoms with Gasteiger partial charge in [0.2, 0.25) is 15.9 Å². The molecule has 8 nitrogen and oxygen atoms in total. The van der Waals surface area contributed by atoms with Gasteiger partial charge < -0.3 is 9.84 Å². The van der Waals surface area contributed by atoms with Crippen molar-refractivity contribution < 1.29 is 17.7 Å². The number of nitrogens with one attached hydrogen (secondary N) is 1. The lowest BCUT2D eigenvalue weighted by Gasteiger charge is -2.30. The molecule has 4 rings (SSSR count). The lowest BCUT2D eigenvalue weighted by atomic mass is 9.97. The normalized spacial score (nSPS) is 16.2. The number of rotatable bonds is 4. The van der Waals surface area contributed by atoms with Gasteiger partial charge in [-0.25, -0.2) is 8.42 Å². The number of pyridine rings is 1. The molecule has 2 aromatic heterocycles. The van der Waals surface area contributed by atoms with Crippen molar-refractivity contribution in [3.8, 4) is 0 Å². The molecule has 0 saturated carbocycles. The number of anilines is 1. The minimum absolute atomic E-state index is 0.114. The predicted octanol–water partition coefficient (Wildman–Crippen LogP) is 2.88. The molecule has 1 amide bonds. The van der Waals surface area contributed by atoms with Crippen molar-refractivity contribution in [1.82, 2.24) is 14.4 Å². The summed E-state index contributed by atoms with van der Waals surface area (Å²) in [6.45, 7) is 3.76. The first-order valence-corrected chi connectivity index (χ1v) is 10.9. The summed E-state index contributed by atoms with van der Waals surface area (Å²) in [5, 5.41) is 7.60. The number of para-hydroxylation sites is 1. The molecule has 0 radical (unpaired) electrons. The quantitative estimate of drug-likeness (QED) is 0.704. The molecule has 1 aliphatic rings. The number of carbonyl (C=O) groups is 1. The third-order valence-corrected chi connectivity index (χ3v) is 7.39. The third-order valence-electron chi connectivity index (χ3n) is 5.25. The van der Waals surface area contributed by atoms with E-state index in [2.05, 4.69) is 15.5 Å². The number of piperidine rings is 1. The van der Waals surface area contributed by atoms with Crippen molar-refractivity contribution in [2.45, 2.75) is 31.6 Å². The number of hydrogen-bond donors (Lipinski definition) is 1. The minimum Gasteiger partial charge on any atom is -0.360 e. The first kappa shape index (κ1) is 19.5. The van der Waals surface area contributed by atoms with Gasteiger partial charge in [-0.15, -0.1) is 0 Å². The fourth-order valence-corrected chi connectivity index (χ4v) is 5.47.